The lowest BCUT2D eigenvalue weighted by molar-refractivity contribution is 0.0935. The molecule has 1 amide bonds. The molecule has 0 saturated heterocycles. The van der Waals surface area contributed by atoms with E-state index in [1.165, 1.54) is 5.56 Å². The van der Waals surface area contributed by atoms with Gasteiger partial charge in [-0.3, -0.25) is 9.69 Å². The molecular formula is C20H23N3O. The second kappa shape index (κ2) is 8.85. The van der Waals surface area contributed by atoms with Crippen LogP contribution in [0.15, 0.2) is 54.6 Å². The third-order valence-electron chi connectivity index (χ3n) is 4.17. The van der Waals surface area contributed by atoms with E-state index < -0.39 is 0 Å². The van der Waals surface area contributed by atoms with Gasteiger partial charge >= 0.3 is 0 Å². The predicted octanol–water partition coefficient (Wildman–Crippen LogP) is 3.37. The van der Waals surface area contributed by atoms with Crippen molar-refractivity contribution in [3.8, 4) is 6.07 Å². The monoisotopic (exact) mass is 321 g/mol. The molecule has 24 heavy (non-hydrogen) atoms. The molecule has 0 radical (unpaired) electrons. The minimum Gasteiger partial charge on any atom is -0.350 e. The third-order valence-corrected chi connectivity index (χ3v) is 4.17. The zero-order chi connectivity index (χ0) is 17.4. The quantitative estimate of drug-likeness (QED) is 0.850. The number of nitrogens with one attached hydrogen (secondary N) is 1. The predicted molar refractivity (Wildman–Crippen MR) is 95.6 cm³/mol. The largest absolute Gasteiger partial charge is 0.350 e. The van der Waals surface area contributed by atoms with Crippen LogP contribution >= 0.6 is 0 Å². The van der Waals surface area contributed by atoms with Crippen molar-refractivity contribution in [3.05, 3.63) is 71.3 Å². The normalized spacial score (nSPS) is 11.8. The number of likely N-dealkylation sites (N-methyl/N-ethyl adjacent to an activating group) is 1. The maximum Gasteiger partial charge on any atom is 0.251 e. The number of carbonyl (C=O) groups is 1. The van der Waals surface area contributed by atoms with E-state index in [0.717, 1.165) is 13.1 Å². The summed E-state index contributed by atoms with van der Waals surface area (Å²) in [5, 5.41) is 11.8. The average Bonchev–Trinajstić information content (AvgIpc) is 2.65. The lowest BCUT2D eigenvalue weighted by Crippen LogP contribution is -2.38. The van der Waals surface area contributed by atoms with Crippen LogP contribution in [0, 0.1) is 11.3 Å². The molecule has 2 rings (SSSR count). The summed E-state index contributed by atoms with van der Waals surface area (Å²) in [6, 6.07) is 19.1. The molecule has 2 aromatic carbocycles. The van der Waals surface area contributed by atoms with Crippen LogP contribution in [0.3, 0.4) is 0 Å². The summed E-state index contributed by atoms with van der Waals surface area (Å²) in [4.78, 5) is 14.7. The van der Waals surface area contributed by atoms with Gasteiger partial charge in [-0.15, -0.1) is 0 Å². The van der Waals surface area contributed by atoms with Crippen LogP contribution in [0.4, 0.5) is 0 Å². The average molecular weight is 321 g/mol. The molecule has 0 aliphatic rings. The van der Waals surface area contributed by atoms with E-state index in [1.54, 1.807) is 24.3 Å². The van der Waals surface area contributed by atoms with Gasteiger partial charge in [0, 0.05) is 12.1 Å². The Kier molecular flexibility index (Phi) is 6.53. The maximum absolute atomic E-state index is 12.4. The second-order valence-corrected chi connectivity index (χ2v) is 5.55. The van der Waals surface area contributed by atoms with E-state index >= 15 is 0 Å². The fraction of sp³-hybridized carbons (Fsp3) is 0.300. The molecule has 0 saturated carbocycles. The number of hydrogen-bond acceptors (Lipinski definition) is 3. The summed E-state index contributed by atoms with van der Waals surface area (Å²) in [5.41, 5.74) is 2.32. The van der Waals surface area contributed by atoms with Gasteiger partial charge in [0.1, 0.15) is 0 Å². The second-order valence-electron chi connectivity index (χ2n) is 5.55. The van der Waals surface area contributed by atoms with Gasteiger partial charge < -0.3 is 5.32 Å². The zero-order valence-corrected chi connectivity index (χ0v) is 14.2. The minimum absolute atomic E-state index is 0.118. The Morgan fingerprint density at radius 1 is 1.08 bits per heavy atom. The fourth-order valence-corrected chi connectivity index (χ4v) is 2.78. The van der Waals surface area contributed by atoms with E-state index in [2.05, 4.69) is 42.3 Å². The summed E-state index contributed by atoms with van der Waals surface area (Å²) in [6.07, 6.45) is 0. The first kappa shape index (κ1) is 17.7. The molecule has 2 aromatic rings. The highest BCUT2D eigenvalue weighted by molar-refractivity contribution is 5.94. The highest BCUT2D eigenvalue weighted by atomic mass is 16.1. The molecule has 4 heteroatoms. The summed E-state index contributed by atoms with van der Waals surface area (Å²) in [6.45, 7) is 6.64. The highest BCUT2D eigenvalue weighted by Crippen LogP contribution is 2.19. The van der Waals surface area contributed by atoms with E-state index in [1.807, 2.05) is 18.2 Å². The van der Waals surface area contributed by atoms with Crippen molar-refractivity contribution < 1.29 is 4.79 Å². The minimum atomic E-state index is -0.118. The SMILES string of the molecule is CCN(CC)C(CNC(=O)c1ccc(C#N)cc1)c1ccccc1. The smallest absolute Gasteiger partial charge is 0.251 e. The van der Waals surface area contributed by atoms with Crippen molar-refractivity contribution in [2.45, 2.75) is 19.9 Å². The lowest BCUT2D eigenvalue weighted by Gasteiger charge is -2.30. The summed E-state index contributed by atoms with van der Waals surface area (Å²) in [5.74, 6) is -0.118. The van der Waals surface area contributed by atoms with Gasteiger partial charge in [-0.1, -0.05) is 44.2 Å². The van der Waals surface area contributed by atoms with Crippen molar-refractivity contribution in [2.24, 2.45) is 0 Å². The molecule has 1 N–H and O–H groups in total. The first-order valence-corrected chi connectivity index (χ1v) is 8.27. The maximum atomic E-state index is 12.4. The Labute approximate surface area is 143 Å². The molecule has 0 aromatic heterocycles. The molecule has 1 unspecified atom stereocenters. The van der Waals surface area contributed by atoms with Crippen molar-refractivity contribution in [1.82, 2.24) is 10.2 Å². The van der Waals surface area contributed by atoms with Crippen LogP contribution in [0.5, 0.6) is 0 Å². The summed E-state index contributed by atoms with van der Waals surface area (Å²) >= 11 is 0. The van der Waals surface area contributed by atoms with Gasteiger partial charge in [-0.05, 0) is 42.9 Å². The van der Waals surface area contributed by atoms with Crippen LogP contribution < -0.4 is 5.32 Å². The Morgan fingerprint density at radius 2 is 1.71 bits per heavy atom. The number of amides is 1. The molecular weight excluding hydrogens is 298 g/mol. The van der Waals surface area contributed by atoms with Gasteiger partial charge in [0.15, 0.2) is 0 Å². The standard InChI is InChI=1S/C20H23N3O/c1-3-23(4-2)19(17-8-6-5-7-9-17)15-22-20(24)18-12-10-16(14-21)11-13-18/h5-13,19H,3-4,15H2,1-2H3,(H,22,24). The number of carbonyl (C=O) groups excluding carboxylic acids is 1. The highest BCUT2D eigenvalue weighted by Gasteiger charge is 2.18. The van der Waals surface area contributed by atoms with Crippen molar-refractivity contribution >= 4 is 5.91 Å². The fourth-order valence-electron chi connectivity index (χ4n) is 2.78. The molecule has 0 aliphatic carbocycles. The van der Waals surface area contributed by atoms with Gasteiger partial charge in [-0.25, -0.2) is 0 Å². The number of rotatable bonds is 7. The van der Waals surface area contributed by atoms with Gasteiger partial charge in [0.25, 0.3) is 5.91 Å². The number of benzene rings is 2. The zero-order valence-electron chi connectivity index (χ0n) is 14.2. The van der Waals surface area contributed by atoms with E-state index in [9.17, 15) is 4.79 Å². The Hall–Kier alpha value is -2.64. The molecule has 0 bridgehead atoms. The topological polar surface area (TPSA) is 56.1 Å². The first-order chi connectivity index (χ1) is 11.7. The van der Waals surface area contributed by atoms with E-state index in [-0.39, 0.29) is 11.9 Å². The molecule has 1 atom stereocenters. The van der Waals surface area contributed by atoms with Crippen LogP contribution in [0.1, 0.15) is 41.4 Å². The Balaban J connectivity index is 2.09. The lowest BCUT2D eigenvalue weighted by atomic mass is 10.0. The Morgan fingerprint density at radius 3 is 2.25 bits per heavy atom. The van der Waals surface area contributed by atoms with Gasteiger partial charge in [-0.2, -0.15) is 5.26 Å². The molecule has 0 fully saturated rings. The third kappa shape index (κ3) is 4.43. The molecule has 124 valence electrons. The van der Waals surface area contributed by atoms with Crippen LogP contribution in [-0.4, -0.2) is 30.4 Å². The summed E-state index contributed by atoms with van der Waals surface area (Å²) < 4.78 is 0. The molecule has 0 aliphatic heterocycles. The van der Waals surface area contributed by atoms with Crippen molar-refractivity contribution in [3.63, 3.8) is 0 Å². The van der Waals surface area contributed by atoms with Gasteiger partial charge in [0.2, 0.25) is 0 Å². The number of nitriles is 1. The van der Waals surface area contributed by atoms with E-state index in [4.69, 9.17) is 5.26 Å². The van der Waals surface area contributed by atoms with Crippen LogP contribution in [0.25, 0.3) is 0 Å². The number of nitrogens with zero attached hydrogens (tertiary/aromatic N) is 2. The number of hydrogen-bond donors (Lipinski definition) is 1. The molecule has 0 heterocycles. The Bertz CT molecular complexity index is 685. The molecule has 0 spiro atoms. The molecule has 4 nitrogen and oxygen atoms in total. The van der Waals surface area contributed by atoms with Crippen molar-refractivity contribution in [2.75, 3.05) is 19.6 Å². The van der Waals surface area contributed by atoms with Crippen LogP contribution in [0.2, 0.25) is 0 Å². The van der Waals surface area contributed by atoms with Crippen LogP contribution in [-0.2, 0) is 0 Å². The van der Waals surface area contributed by atoms with E-state index in [0.29, 0.717) is 17.7 Å². The van der Waals surface area contributed by atoms with Crippen molar-refractivity contribution in [1.29, 1.82) is 5.26 Å². The van der Waals surface area contributed by atoms with Gasteiger partial charge in [0.05, 0.1) is 17.7 Å². The summed E-state index contributed by atoms with van der Waals surface area (Å²) in [7, 11) is 0. The first-order valence-electron chi connectivity index (χ1n) is 8.27.